The van der Waals surface area contributed by atoms with E-state index in [-0.39, 0.29) is 23.8 Å². The molecular weight excluding hydrogens is 480 g/mol. The van der Waals surface area contributed by atoms with Crippen LogP contribution in [0.4, 0.5) is 0 Å². The molecule has 1 heterocycles. The van der Waals surface area contributed by atoms with Crippen LogP contribution in [0.5, 0.6) is 0 Å². The van der Waals surface area contributed by atoms with Gasteiger partial charge >= 0.3 is 5.97 Å². The molecule has 1 saturated heterocycles. The molecule has 4 rings (SSSR count). The minimum Gasteiger partial charge on any atom is -0.465 e. The van der Waals surface area contributed by atoms with E-state index in [2.05, 4.69) is 5.32 Å². The Balaban J connectivity index is 1.45. The van der Waals surface area contributed by atoms with Gasteiger partial charge in [-0.2, -0.15) is 0 Å². The van der Waals surface area contributed by atoms with Crippen LogP contribution in [0.25, 0.3) is 0 Å². The third-order valence-electron chi connectivity index (χ3n) is 7.78. The van der Waals surface area contributed by atoms with Crippen molar-refractivity contribution in [1.82, 2.24) is 10.2 Å². The van der Waals surface area contributed by atoms with Gasteiger partial charge in [0, 0.05) is 35.1 Å². The standard InChI is InChI=1S/C28H33ClN2O5/c1-27(2)17-31(15-14-28(27,35)20-10-12-21(29)13-11-20)25(33)22-8-5-9-23(22)30-24(32)18-6-4-7-19(16-18)26(34)36-3/h4,6-7,10-13,16,22-23,35H,5,8-9,14-15,17H2,1-3H3,(H,30,32)/t22-,23+,28-/m0/s1. The highest BCUT2D eigenvalue weighted by Crippen LogP contribution is 2.46. The summed E-state index contributed by atoms with van der Waals surface area (Å²) < 4.78 is 4.74. The first-order valence-electron chi connectivity index (χ1n) is 12.3. The molecule has 0 aromatic heterocycles. The van der Waals surface area contributed by atoms with E-state index in [4.69, 9.17) is 16.3 Å². The molecule has 192 valence electrons. The van der Waals surface area contributed by atoms with E-state index in [1.165, 1.54) is 13.2 Å². The van der Waals surface area contributed by atoms with Gasteiger partial charge in [0.1, 0.15) is 0 Å². The van der Waals surface area contributed by atoms with Crippen LogP contribution >= 0.6 is 11.6 Å². The van der Waals surface area contributed by atoms with Crippen LogP contribution in [-0.2, 0) is 15.1 Å². The molecule has 1 saturated carbocycles. The summed E-state index contributed by atoms with van der Waals surface area (Å²) in [6.45, 7) is 4.79. The lowest BCUT2D eigenvalue weighted by Crippen LogP contribution is -2.58. The van der Waals surface area contributed by atoms with Crippen molar-refractivity contribution in [1.29, 1.82) is 0 Å². The number of methoxy groups -OCH3 is 1. The van der Waals surface area contributed by atoms with Gasteiger partial charge in [-0.15, -0.1) is 0 Å². The number of esters is 1. The number of nitrogens with zero attached hydrogens (tertiary/aromatic N) is 1. The minimum absolute atomic E-state index is 0.00680. The molecule has 7 nitrogen and oxygen atoms in total. The molecule has 0 bridgehead atoms. The summed E-state index contributed by atoms with van der Waals surface area (Å²) in [5, 5.41) is 15.3. The van der Waals surface area contributed by atoms with Gasteiger partial charge < -0.3 is 20.1 Å². The van der Waals surface area contributed by atoms with Crippen molar-refractivity contribution in [3.8, 4) is 0 Å². The monoisotopic (exact) mass is 512 g/mol. The number of piperidine rings is 1. The summed E-state index contributed by atoms with van der Waals surface area (Å²) in [4.78, 5) is 40.2. The zero-order valence-electron chi connectivity index (χ0n) is 20.9. The molecule has 3 atom stereocenters. The molecule has 1 aliphatic heterocycles. The number of benzene rings is 2. The molecule has 8 heteroatoms. The summed E-state index contributed by atoms with van der Waals surface area (Å²) in [5.41, 5.74) is -0.219. The van der Waals surface area contributed by atoms with Crippen molar-refractivity contribution in [2.24, 2.45) is 11.3 Å². The fourth-order valence-electron chi connectivity index (χ4n) is 5.59. The van der Waals surface area contributed by atoms with Gasteiger partial charge in [-0.1, -0.05) is 50.1 Å². The molecule has 0 unspecified atom stereocenters. The first-order valence-corrected chi connectivity index (χ1v) is 12.7. The maximum Gasteiger partial charge on any atom is 0.337 e. The van der Waals surface area contributed by atoms with Crippen molar-refractivity contribution in [3.05, 3.63) is 70.2 Å². The third-order valence-corrected chi connectivity index (χ3v) is 8.03. The number of carbonyl (C=O) groups excluding carboxylic acids is 3. The van der Waals surface area contributed by atoms with E-state index in [0.29, 0.717) is 48.5 Å². The first-order chi connectivity index (χ1) is 17.1. The summed E-state index contributed by atoms with van der Waals surface area (Å²) in [5.74, 6) is -1.14. The normalized spacial score (nSPS) is 25.3. The summed E-state index contributed by atoms with van der Waals surface area (Å²) >= 11 is 6.04. The van der Waals surface area contributed by atoms with Crippen molar-refractivity contribution in [2.45, 2.75) is 51.2 Å². The second kappa shape index (κ2) is 10.2. The first kappa shape index (κ1) is 26.2. The molecule has 36 heavy (non-hydrogen) atoms. The van der Waals surface area contributed by atoms with Crippen LogP contribution in [-0.4, -0.2) is 54.0 Å². The molecule has 0 spiro atoms. The Morgan fingerprint density at radius 2 is 1.78 bits per heavy atom. The second-order valence-corrected chi connectivity index (χ2v) is 10.9. The molecular formula is C28H33ClN2O5. The van der Waals surface area contributed by atoms with Crippen molar-refractivity contribution in [3.63, 3.8) is 0 Å². The van der Waals surface area contributed by atoms with Crippen molar-refractivity contribution < 1.29 is 24.2 Å². The Labute approximate surface area is 216 Å². The highest BCUT2D eigenvalue weighted by Gasteiger charge is 2.50. The van der Waals surface area contributed by atoms with Gasteiger partial charge in [-0.05, 0) is 55.2 Å². The van der Waals surface area contributed by atoms with Crippen LogP contribution < -0.4 is 5.32 Å². The van der Waals surface area contributed by atoms with E-state index in [1.54, 1.807) is 30.3 Å². The van der Waals surface area contributed by atoms with Crippen molar-refractivity contribution in [2.75, 3.05) is 20.2 Å². The number of hydrogen-bond acceptors (Lipinski definition) is 5. The Hall–Kier alpha value is -2.90. The fraction of sp³-hybridized carbons (Fsp3) is 0.464. The lowest BCUT2D eigenvalue weighted by Gasteiger charge is -2.51. The molecule has 2 aromatic carbocycles. The topological polar surface area (TPSA) is 95.9 Å². The molecule has 2 aromatic rings. The number of aliphatic hydroxyl groups is 1. The number of ether oxygens (including phenoxy) is 1. The largest absolute Gasteiger partial charge is 0.465 e. The highest BCUT2D eigenvalue weighted by molar-refractivity contribution is 6.30. The number of likely N-dealkylation sites (tertiary alicyclic amines) is 1. The Morgan fingerprint density at radius 1 is 1.08 bits per heavy atom. The number of nitrogens with one attached hydrogen (secondary N) is 1. The molecule has 2 amide bonds. The van der Waals surface area contributed by atoms with Crippen LogP contribution in [0.3, 0.4) is 0 Å². The van der Waals surface area contributed by atoms with E-state index in [9.17, 15) is 19.5 Å². The maximum absolute atomic E-state index is 13.6. The lowest BCUT2D eigenvalue weighted by molar-refractivity contribution is -0.156. The predicted octanol–water partition coefficient (Wildman–Crippen LogP) is 4.17. The van der Waals surface area contributed by atoms with E-state index >= 15 is 0 Å². The minimum atomic E-state index is -1.08. The third kappa shape index (κ3) is 5.00. The number of rotatable bonds is 5. The zero-order valence-corrected chi connectivity index (χ0v) is 21.7. The van der Waals surface area contributed by atoms with Gasteiger partial charge in [0.2, 0.25) is 5.91 Å². The predicted molar refractivity (Wildman–Crippen MR) is 137 cm³/mol. The van der Waals surface area contributed by atoms with E-state index in [0.717, 1.165) is 12.0 Å². The molecule has 1 aliphatic carbocycles. The average molecular weight is 513 g/mol. The Bertz CT molecular complexity index is 1150. The van der Waals surface area contributed by atoms with E-state index < -0.39 is 17.0 Å². The lowest BCUT2D eigenvalue weighted by atomic mass is 9.66. The molecule has 2 fully saturated rings. The SMILES string of the molecule is COC(=O)c1cccc(C(=O)N[C@@H]2CCC[C@@H]2C(=O)N2CC[C@](O)(c3ccc(Cl)cc3)C(C)(C)C2)c1. The van der Waals surface area contributed by atoms with E-state index in [1.807, 2.05) is 30.9 Å². The number of halogens is 1. The summed E-state index contributed by atoms with van der Waals surface area (Å²) in [7, 11) is 1.29. The number of hydrogen-bond donors (Lipinski definition) is 2. The van der Waals surface area contributed by atoms with Crippen LogP contribution in [0.15, 0.2) is 48.5 Å². The van der Waals surface area contributed by atoms with Crippen LogP contribution in [0.1, 0.15) is 65.8 Å². The summed E-state index contributed by atoms with van der Waals surface area (Å²) in [6, 6.07) is 13.3. The number of carbonyl (C=O) groups is 3. The van der Waals surface area contributed by atoms with Crippen LogP contribution in [0, 0.1) is 11.3 Å². The van der Waals surface area contributed by atoms with Gasteiger partial charge in [0.05, 0.1) is 24.2 Å². The molecule has 2 N–H and O–H groups in total. The van der Waals surface area contributed by atoms with Gasteiger partial charge in [0.15, 0.2) is 0 Å². The van der Waals surface area contributed by atoms with Gasteiger partial charge in [-0.25, -0.2) is 4.79 Å². The average Bonchev–Trinajstić information content (AvgIpc) is 3.33. The molecule has 0 radical (unpaired) electrons. The fourth-order valence-corrected chi connectivity index (χ4v) is 5.72. The van der Waals surface area contributed by atoms with Crippen LogP contribution in [0.2, 0.25) is 5.02 Å². The highest BCUT2D eigenvalue weighted by atomic mass is 35.5. The Morgan fingerprint density at radius 3 is 2.44 bits per heavy atom. The zero-order chi connectivity index (χ0) is 26.1. The smallest absolute Gasteiger partial charge is 0.337 e. The quantitative estimate of drug-likeness (QED) is 0.586. The molecule has 2 aliphatic rings. The number of amides is 2. The maximum atomic E-state index is 13.6. The van der Waals surface area contributed by atoms with Gasteiger partial charge in [0.25, 0.3) is 5.91 Å². The van der Waals surface area contributed by atoms with Gasteiger partial charge in [-0.3, -0.25) is 9.59 Å². The Kier molecular flexibility index (Phi) is 7.43. The summed E-state index contributed by atoms with van der Waals surface area (Å²) in [6.07, 6.45) is 2.67. The second-order valence-electron chi connectivity index (χ2n) is 10.5. The van der Waals surface area contributed by atoms with Crippen molar-refractivity contribution >= 4 is 29.4 Å².